The Morgan fingerprint density at radius 2 is 2.09 bits per heavy atom. The second-order valence-corrected chi connectivity index (χ2v) is 5.69. The average molecular weight is 316 g/mol. The third kappa shape index (κ3) is 4.53. The Labute approximate surface area is 135 Å². The predicted molar refractivity (Wildman–Crippen MR) is 87.8 cm³/mol. The number of pyridine rings is 1. The van der Waals surface area contributed by atoms with E-state index < -0.39 is 0 Å². The van der Waals surface area contributed by atoms with E-state index in [1.54, 1.807) is 24.8 Å². The summed E-state index contributed by atoms with van der Waals surface area (Å²) in [7, 11) is 0. The van der Waals surface area contributed by atoms with E-state index in [0.717, 1.165) is 24.8 Å². The molecule has 1 atom stereocenters. The van der Waals surface area contributed by atoms with Crippen LogP contribution in [0.1, 0.15) is 48.1 Å². The minimum Gasteiger partial charge on any atom is -0.345 e. The summed E-state index contributed by atoms with van der Waals surface area (Å²) in [5.74, 6) is -0.155. The molecular formula is C16H20N4OS. The van der Waals surface area contributed by atoms with Crippen LogP contribution in [0.15, 0.2) is 42.1 Å². The highest BCUT2D eigenvalue weighted by Gasteiger charge is 2.16. The van der Waals surface area contributed by atoms with Gasteiger partial charge in [-0.05, 0) is 24.3 Å². The van der Waals surface area contributed by atoms with Crippen molar-refractivity contribution in [3.63, 3.8) is 0 Å². The maximum atomic E-state index is 12.4. The Bertz CT molecular complexity index is 589. The Morgan fingerprint density at radius 3 is 2.68 bits per heavy atom. The molecule has 0 fully saturated rings. The number of aromatic nitrogens is 3. The monoisotopic (exact) mass is 316 g/mol. The van der Waals surface area contributed by atoms with Gasteiger partial charge < -0.3 is 5.32 Å². The zero-order chi connectivity index (χ0) is 15.8. The van der Waals surface area contributed by atoms with Crippen molar-refractivity contribution < 1.29 is 4.79 Å². The molecule has 1 amide bonds. The van der Waals surface area contributed by atoms with E-state index in [2.05, 4.69) is 27.2 Å². The first-order valence-electron chi connectivity index (χ1n) is 7.31. The number of carbonyl (C=O) groups excluding carboxylic acids is 1. The van der Waals surface area contributed by atoms with Gasteiger partial charge in [-0.2, -0.15) is 0 Å². The van der Waals surface area contributed by atoms with Crippen molar-refractivity contribution in [1.82, 2.24) is 20.3 Å². The lowest BCUT2D eigenvalue weighted by Crippen LogP contribution is -2.29. The molecule has 1 N–H and O–H groups in total. The number of unbranched alkanes of at least 4 members (excludes halogenated alkanes) is 1. The van der Waals surface area contributed by atoms with Crippen LogP contribution in [-0.4, -0.2) is 27.1 Å². The number of carbonyl (C=O) groups is 1. The van der Waals surface area contributed by atoms with Crippen LogP contribution in [0.3, 0.4) is 0 Å². The third-order valence-electron chi connectivity index (χ3n) is 3.31. The zero-order valence-electron chi connectivity index (χ0n) is 12.8. The van der Waals surface area contributed by atoms with Gasteiger partial charge in [0, 0.05) is 24.8 Å². The second-order valence-electron chi connectivity index (χ2n) is 4.91. The molecule has 0 saturated carbocycles. The molecule has 22 heavy (non-hydrogen) atoms. The van der Waals surface area contributed by atoms with E-state index in [-0.39, 0.29) is 11.9 Å². The summed E-state index contributed by atoms with van der Waals surface area (Å²) in [4.78, 5) is 24.8. The highest BCUT2D eigenvalue weighted by Crippen LogP contribution is 2.19. The fraction of sp³-hybridized carbons (Fsp3) is 0.375. The lowest BCUT2D eigenvalue weighted by molar-refractivity contribution is 0.0933. The van der Waals surface area contributed by atoms with E-state index in [4.69, 9.17) is 0 Å². The van der Waals surface area contributed by atoms with E-state index in [1.165, 1.54) is 11.8 Å². The van der Waals surface area contributed by atoms with E-state index in [1.807, 2.05) is 18.4 Å². The number of thioether (sulfide) groups is 1. The molecule has 0 aliphatic rings. The molecule has 0 bridgehead atoms. The Balaban J connectivity index is 2.10. The summed E-state index contributed by atoms with van der Waals surface area (Å²) in [5.41, 5.74) is 1.49. The van der Waals surface area contributed by atoms with Gasteiger partial charge in [-0.15, -0.1) is 0 Å². The molecule has 0 aliphatic carbocycles. The first-order valence-corrected chi connectivity index (χ1v) is 8.54. The van der Waals surface area contributed by atoms with Gasteiger partial charge in [-0.1, -0.05) is 37.6 Å². The molecule has 0 aromatic carbocycles. The molecule has 5 nitrogen and oxygen atoms in total. The largest absolute Gasteiger partial charge is 0.345 e. The van der Waals surface area contributed by atoms with Gasteiger partial charge in [0.15, 0.2) is 5.16 Å². The van der Waals surface area contributed by atoms with Crippen LogP contribution in [0, 0.1) is 0 Å². The minimum absolute atomic E-state index is 0.0404. The van der Waals surface area contributed by atoms with Gasteiger partial charge in [0.2, 0.25) is 0 Å². The highest BCUT2D eigenvalue weighted by molar-refractivity contribution is 7.98. The van der Waals surface area contributed by atoms with Crippen LogP contribution in [-0.2, 0) is 0 Å². The molecular weight excluding hydrogens is 296 g/mol. The summed E-state index contributed by atoms with van der Waals surface area (Å²) in [6.07, 6.45) is 11.6. The van der Waals surface area contributed by atoms with Crippen LogP contribution < -0.4 is 5.32 Å². The van der Waals surface area contributed by atoms with Gasteiger partial charge in [0.05, 0.1) is 11.6 Å². The van der Waals surface area contributed by atoms with Gasteiger partial charge in [0.1, 0.15) is 0 Å². The fourth-order valence-corrected chi connectivity index (χ4v) is 2.41. The van der Waals surface area contributed by atoms with E-state index >= 15 is 0 Å². The smallest absolute Gasteiger partial charge is 0.254 e. The molecule has 116 valence electrons. The molecule has 2 aromatic rings. The van der Waals surface area contributed by atoms with Crippen molar-refractivity contribution in [2.45, 2.75) is 37.4 Å². The highest BCUT2D eigenvalue weighted by atomic mass is 32.2. The number of amides is 1. The van der Waals surface area contributed by atoms with Crippen molar-refractivity contribution in [2.24, 2.45) is 0 Å². The van der Waals surface area contributed by atoms with E-state index in [0.29, 0.717) is 10.7 Å². The molecule has 0 spiro atoms. The zero-order valence-corrected chi connectivity index (χ0v) is 13.6. The normalized spacial score (nSPS) is 11.9. The van der Waals surface area contributed by atoms with Gasteiger partial charge in [0.25, 0.3) is 5.91 Å². The number of hydrogen-bond donors (Lipinski definition) is 1. The predicted octanol–water partition coefficient (Wildman–Crippen LogP) is 3.25. The molecule has 2 rings (SSSR count). The first-order chi connectivity index (χ1) is 10.7. The van der Waals surface area contributed by atoms with Gasteiger partial charge >= 0.3 is 0 Å². The number of hydrogen-bond acceptors (Lipinski definition) is 5. The SMILES string of the molecule is CCCC[C@@H](NC(=O)c1cnc(SC)nc1)c1cccnc1. The van der Waals surface area contributed by atoms with Crippen molar-refractivity contribution in [2.75, 3.05) is 6.26 Å². The van der Waals surface area contributed by atoms with Crippen LogP contribution in [0.5, 0.6) is 0 Å². The summed E-state index contributed by atoms with van der Waals surface area (Å²) in [6.45, 7) is 2.14. The average Bonchev–Trinajstić information content (AvgIpc) is 2.59. The first kappa shape index (κ1) is 16.4. The Morgan fingerprint density at radius 1 is 1.32 bits per heavy atom. The molecule has 6 heteroatoms. The fourth-order valence-electron chi connectivity index (χ4n) is 2.09. The van der Waals surface area contributed by atoms with Crippen LogP contribution in [0.25, 0.3) is 0 Å². The van der Waals surface area contributed by atoms with Gasteiger partial charge in [-0.25, -0.2) is 9.97 Å². The van der Waals surface area contributed by atoms with Crippen LogP contribution in [0.4, 0.5) is 0 Å². The maximum absolute atomic E-state index is 12.4. The molecule has 0 radical (unpaired) electrons. The number of nitrogens with zero attached hydrogens (tertiary/aromatic N) is 3. The molecule has 0 saturated heterocycles. The van der Waals surface area contributed by atoms with Crippen LogP contribution in [0.2, 0.25) is 0 Å². The summed E-state index contributed by atoms with van der Waals surface area (Å²) >= 11 is 1.45. The molecule has 2 aromatic heterocycles. The minimum atomic E-state index is -0.155. The number of nitrogens with one attached hydrogen (secondary N) is 1. The lowest BCUT2D eigenvalue weighted by Gasteiger charge is -2.18. The molecule has 0 unspecified atom stereocenters. The van der Waals surface area contributed by atoms with Crippen molar-refractivity contribution in [3.8, 4) is 0 Å². The summed E-state index contributed by atoms with van der Waals surface area (Å²) < 4.78 is 0. The van der Waals surface area contributed by atoms with Crippen LogP contribution >= 0.6 is 11.8 Å². The number of rotatable bonds is 7. The van der Waals surface area contributed by atoms with E-state index in [9.17, 15) is 4.79 Å². The molecule has 0 aliphatic heterocycles. The van der Waals surface area contributed by atoms with Gasteiger partial charge in [-0.3, -0.25) is 9.78 Å². The lowest BCUT2D eigenvalue weighted by atomic mass is 10.0. The quantitative estimate of drug-likeness (QED) is 0.627. The second kappa shape index (κ2) is 8.48. The van der Waals surface area contributed by atoms with Crippen molar-refractivity contribution in [1.29, 1.82) is 0 Å². The standard InChI is InChI=1S/C16H20N4OS/c1-3-4-7-14(12-6-5-8-17-9-12)20-15(21)13-10-18-16(22-2)19-11-13/h5-6,8-11,14H,3-4,7H2,1-2H3,(H,20,21)/t14-/m1/s1. The molecule has 2 heterocycles. The van der Waals surface area contributed by atoms with Crippen molar-refractivity contribution in [3.05, 3.63) is 48.0 Å². The maximum Gasteiger partial charge on any atom is 0.254 e. The Hall–Kier alpha value is -1.95. The topological polar surface area (TPSA) is 67.8 Å². The summed E-state index contributed by atoms with van der Waals surface area (Å²) in [5, 5.41) is 3.71. The summed E-state index contributed by atoms with van der Waals surface area (Å²) in [6, 6.07) is 3.83. The Kier molecular flexibility index (Phi) is 6.33. The third-order valence-corrected chi connectivity index (χ3v) is 3.89. The van der Waals surface area contributed by atoms with Crippen molar-refractivity contribution >= 4 is 17.7 Å².